The molecule has 1 unspecified atom stereocenters. The van der Waals surface area contributed by atoms with Gasteiger partial charge in [0.25, 0.3) is 0 Å². The second kappa shape index (κ2) is 4.59. The van der Waals surface area contributed by atoms with Crippen LogP contribution in [0, 0.1) is 0 Å². The Kier molecular flexibility index (Phi) is 3.18. The highest BCUT2D eigenvalue weighted by Crippen LogP contribution is 2.22. The molecule has 15 heavy (non-hydrogen) atoms. The molecule has 0 radical (unpaired) electrons. The predicted octanol–water partition coefficient (Wildman–Crippen LogP) is 2.44. The van der Waals surface area contributed by atoms with Crippen molar-refractivity contribution in [2.45, 2.75) is 26.0 Å². The maximum atomic E-state index is 10.1. The van der Waals surface area contributed by atoms with Crippen LogP contribution in [0.4, 0.5) is 0 Å². The number of thiophene rings is 1. The number of hydrogen-bond acceptors (Lipinski definition) is 3. The maximum absolute atomic E-state index is 10.1. The highest BCUT2D eigenvalue weighted by atomic mass is 32.1. The molecular formula is C11H14N2OS. The van der Waals surface area contributed by atoms with Gasteiger partial charge < -0.3 is 9.67 Å². The molecular weight excluding hydrogens is 208 g/mol. The van der Waals surface area contributed by atoms with Crippen LogP contribution in [-0.4, -0.2) is 14.7 Å². The largest absolute Gasteiger partial charge is 0.380 e. The zero-order chi connectivity index (χ0) is 10.7. The number of aryl methyl sites for hydroxylation is 1. The minimum Gasteiger partial charge on any atom is -0.380 e. The number of imidazole rings is 1. The molecule has 0 aromatic carbocycles. The van der Waals surface area contributed by atoms with Gasteiger partial charge in [-0.2, -0.15) is 11.3 Å². The lowest BCUT2D eigenvalue weighted by molar-refractivity contribution is 0.205. The Morgan fingerprint density at radius 3 is 3.13 bits per heavy atom. The van der Waals surface area contributed by atoms with Crippen LogP contribution in [0.15, 0.2) is 29.2 Å². The number of aliphatic hydroxyl groups excluding tert-OH is 1. The Hall–Kier alpha value is -1.13. The van der Waals surface area contributed by atoms with Crippen molar-refractivity contribution in [1.82, 2.24) is 9.55 Å². The van der Waals surface area contributed by atoms with Crippen molar-refractivity contribution in [3.63, 3.8) is 0 Å². The summed E-state index contributed by atoms with van der Waals surface area (Å²) in [6.07, 6.45) is 4.09. The van der Waals surface area contributed by atoms with Gasteiger partial charge in [0.1, 0.15) is 11.9 Å². The summed E-state index contributed by atoms with van der Waals surface area (Å²) in [5.74, 6) is 0.732. The monoisotopic (exact) mass is 222 g/mol. The number of hydrogen-bond donors (Lipinski definition) is 1. The molecule has 0 saturated carbocycles. The Labute approximate surface area is 93.0 Å². The van der Waals surface area contributed by atoms with Gasteiger partial charge in [-0.05, 0) is 28.8 Å². The summed E-state index contributed by atoms with van der Waals surface area (Å²) < 4.78 is 2.00. The van der Waals surface area contributed by atoms with Gasteiger partial charge in [0.15, 0.2) is 0 Å². The Balaban J connectivity index is 2.25. The first kappa shape index (κ1) is 10.4. The summed E-state index contributed by atoms with van der Waals surface area (Å²) in [6, 6.07) is 1.93. The molecule has 2 aromatic heterocycles. The smallest absolute Gasteiger partial charge is 0.142 e. The van der Waals surface area contributed by atoms with Gasteiger partial charge in [0.2, 0.25) is 0 Å². The zero-order valence-electron chi connectivity index (χ0n) is 8.63. The van der Waals surface area contributed by atoms with Crippen molar-refractivity contribution < 1.29 is 5.11 Å². The van der Waals surface area contributed by atoms with Gasteiger partial charge in [-0.1, -0.05) is 6.92 Å². The lowest BCUT2D eigenvalue weighted by atomic mass is 10.2. The fraction of sp³-hybridized carbons (Fsp3) is 0.364. The van der Waals surface area contributed by atoms with E-state index in [0.717, 1.165) is 24.4 Å². The first-order valence-electron chi connectivity index (χ1n) is 5.04. The SMILES string of the molecule is CCCn1ccnc1C(O)c1ccsc1. The highest BCUT2D eigenvalue weighted by Gasteiger charge is 2.15. The van der Waals surface area contributed by atoms with Crippen molar-refractivity contribution in [1.29, 1.82) is 0 Å². The quantitative estimate of drug-likeness (QED) is 0.862. The van der Waals surface area contributed by atoms with Crippen LogP contribution in [0.3, 0.4) is 0 Å². The van der Waals surface area contributed by atoms with Crippen molar-refractivity contribution in [2.75, 3.05) is 0 Å². The third-order valence-corrected chi connectivity index (χ3v) is 3.02. The Morgan fingerprint density at radius 1 is 1.60 bits per heavy atom. The van der Waals surface area contributed by atoms with Gasteiger partial charge in [-0.3, -0.25) is 0 Å². The fourth-order valence-electron chi connectivity index (χ4n) is 1.58. The van der Waals surface area contributed by atoms with Crippen LogP contribution in [0.1, 0.15) is 30.8 Å². The van der Waals surface area contributed by atoms with Gasteiger partial charge in [-0.25, -0.2) is 4.98 Å². The standard InChI is InChI=1S/C11H14N2OS/c1-2-5-13-6-4-12-11(13)10(14)9-3-7-15-8-9/h3-4,6-8,10,14H,2,5H2,1H3. The van der Waals surface area contributed by atoms with Crippen molar-refractivity contribution >= 4 is 11.3 Å². The molecule has 0 spiro atoms. The molecule has 1 atom stereocenters. The number of rotatable bonds is 4. The molecule has 0 saturated heterocycles. The molecule has 0 aliphatic rings. The molecule has 1 N–H and O–H groups in total. The van der Waals surface area contributed by atoms with E-state index < -0.39 is 6.10 Å². The Bertz CT molecular complexity index is 408. The average molecular weight is 222 g/mol. The molecule has 4 heteroatoms. The zero-order valence-corrected chi connectivity index (χ0v) is 9.44. The van der Waals surface area contributed by atoms with E-state index in [-0.39, 0.29) is 0 Å². The minimum atomic E-state index is -0.599. The van der Waals surface area contributed by atoms with Crippen molar-refractivity contribution in [2.24, 2.45) is 0 Å². The minimum absolute atomic E-state index is 0.599. The van der Waals surface area contributed by atoms with Crippen LogP contribution in [0.25, 0.3) is 0 Å². The molecule has 2 rings (SSSR count). The summed E-state index contributed by atoms with van der Waals surface area (Å²) in [4.78, 5) is 4.21. The van der Waals surface area contributed by atoms with Gasteiger partial charge in [0.05, 0.1) is 0 Å². The normalized spacial score (nSPS) is 12.9. The molecule has 2 heterocycles. The van der Waals surface area contributed by atoms with Gasteiger partial charge in [0, 0.05) is 18.9 Å². The van der Waals surface area contributed by atoms with Crippen LogP contribution in [0.2, 0.25) is 0 Å². The van der Waals surface area contributed by atoms with E-state index in [9.17, 15) is 5.11 Å². The van der Waals surface area contributed by atoms with Crippen LogP contribution in [0.5, 0.6) is 0 Å². The lowest BCUT2D eigenvalue weighted by Crippen LogP contribution is -2.08. The molecule has 2 aromatic rings. The lowest BCUT2D eigenvalue weighted by Gasteiger charge is -2.11. The van der Waals surface area contributed by atoms with Crippen molar-refractivity contribution in [3.05, 3.63) is 40.6 Å². The number of aliphatic hydroxyl groups is 1. The van der Waals surface area contributed by atoms with Crippen LogP contribution < -0.4 is 0 Å². The molecule has 3 nitrogen and oxygen atoms in total. The van der Waals surface area contributed by atoms with E-state index in [1.165, 1.54) is 0 Å². The summed E-state index contributed by atoms with van der Waals surface area (Å²) in [7, 11) is 0. The summed E-state index contributed by atoms with van der Waals surface area (Å²) in [6.45, 7) is 3.01. The number of nitrogens with zero attached hydrogens (tertiary/aromatic N) is 2. The van der Waals surface area contributed by atoms with Crippen LogP contribution >= 0.6 is 11.3 Å². The first-order valence-corrected chi connectivity index (χ1v) is 5.98. The maximum Gasteiger partial charge on any atom is 0.142 e. The van der Waals surface area contributed by atoms with E-state index in [1.54, 1.807) is 17.5 Å². The topological polar surface area (TPSA) is 38.0 Å². The van der Waals surface area contributed by atoms with E-state index in [1.807, 2.05) is 27.6 Å². The molecule has 0 aliphatic carbocycles. The first-order chi connectivity index (χ1) is 7.33. The fourth-order valence-corrected chi connectivity index (χ4v) is 2.26. The molecule has 0 amide bonds. The second-order valence-corrected chi connectivity index (χ2v) is 4.22. The summed E-state index contributed by atoms with van der Waals surface area (Å²) in [5.41, 5.74) is 0.920. The summed E-state index contributed by atoms with van der Waals surface area (Å²) >= 11 is 1.59. The third kappa shape index (κ3) is 2.11. The summed E-state index contributed by atoms with van der Waals surface area (Å²) in [5, 5.41) is 14.0. The van der Waals surface area contributed by atoms with Crippen LogP contribution in [-0.2, 0) is 6.54 Å². The van der Waals surface area contributed by atoms with E-state index in [0.29, 0.717) is 0 Å². The average Bonchev–Trinajstić information content (AvgIpc) is 2.87. The van der Waals surface area contributed by atoms with E-state index in [4.69, 9.17) is 0 Å². The van der Waals surface area contributed by atoms with E-state index in [2.05, 4.69) is 11.9 Å². The van der Waals surface area contributed by atoms with Gasteiger partial charge >= 0.3 is 0 Å². The highest BCUT2D eigenvalue weighted by molar-refractivity contribution is 7.07. The van der Waals surface area contributed by atoms with Crippen molar-refractivity contribution in [3.8, 4) is 0 Å². The molecule has 80 valence electrons. The second-order valence-electron chi connectivity index (χ2n) is 3.44. The molecule has 0 fully saturated rings. The number of aromatic nitrogens is 2. The Morgan fingerprint density at radius 2 is 2.47 bits per heavy atom. The van der Waals surface area contributed by atoms with E-state index >= 15 is 0 Å². The predicted molar refractivity (Wildman–Crippen MR) is 60.9 cm³/mol. The molecule has 0 bridgehead atoms. The van der Waals surface area contributed by atoms with Gasteiger partial charge in [-0.15, -0.1) is 0 Å². The third-order valence-electron chi connectivity index (χ3n) is 2.32. The molecule has 0 aliphatic heterocycles.